The first-order chi connectivity index (χ1) is 9.04. The molecule has 1 aromatic carbocycles. The third-order valence-corrected chi connectivity index (χ3v) is 4.26. The van der Waals surface area contributed by atoms with Gasteiger partial charge in [-0.15, -0.1) is 0 Å². The molecule has 0 radical (unpaired) electrons. The van der Waals surface area contributed by atoms with Crippen molar-refractivity contribution in [3.8, 4) is 0 Å². The van der Waals surface area contributed by atoms with E-state index in [9.17, 15) is 0 Å². The fourth-order valence-electron chi connectivity index (χ4n) is 2.79. The van der Waals surface area contributed by atoms with Gasteiger partial charge in [-0.2, -0.15) is 0 Å². The second-order valence-corrected chi connectivity index (χ2v) is 5.64. The van der Waals surface area contributed by atoms with Crippen LogP contribution in [0.4, 0.5) is 0 Å². The van der Waals surface area contributed by atoms with Crippen molar-refractivity contribution in [2.24, 2.45) is 5.73 Å². The van der Waals surface area contributed by atoms with Crippen LogP contribution in [-0.2, 0) is 0 Å². The molecular weight excluding hydrogens is 256 g/mol. The molecule has 0 bridgehead atoms. The topological polar surface area (TPSA) is 29.3 Å². The van der Waals surface area contributed by atoms with Crippen molar-refractivity contribution in [3.63, 3.8) is 0 Å². The van der Waals surface area contributed by atoms with Crippen LogP contribution < -0.4 is 5.73 Å². The minimum absolute atomic E-state index is 0.129. The molecule has 0 saturated carbocycles. The maximum atomic E-state index is 6.36. The van der Waals surface area contributed by atoms with Crippen LogP contribution in [0.15, 0.2) is 24.3 Å². The van der Waals surface area contributed by atoms with Crippen LogP contribution in [0.25, 0.3) is 0 Å². The summed E-state index contributed by atoms with van der Waals surface area (Å²) in [5.41, 5.74) is 7.58. The van der Waals surface area contributed by atoms with E-state index in [0.29, 0.717) is 6.04 Å². The van der Waals surface area contributed by atoms with E-state index in [1.165, 1.54) is 5.56 Å². The molecule has 108 valence electrons. The van der Waals surface area contributed by atoms with Gasteiger partial charge in [0.15, 0.2) is 0 Å². The molecule has 2 nitrogen and oxygen atoms in total. The maximum Gasteiger partial charge on any atom is 0.0499 e. The van der Waals surface area contributed by atoms with Crippen molar-refractivity contribution in [2.75, 3.05) is 7.05 Å². The quantitative estimate of drug-likeness (QED) is 0.810. The molecule has 0 aliphatic rings. The van der Waals surface area contributed by atoms with E-state index < -0.39 is 0 Å². The molecular formula is C16H27ClN2. The van der Waals surface area contributed by atoms with Crippen molar-refractivity contribution in [1.29, 1.82) is 0 Å². The highest BCUT2D eigenvalue weighted by Crippen LogP contribution is 2.29. The van der Waals surface area contributed by atoms with Crippen molar-refractivity contribution >= 4 is 11.6 Å². The Morgan fingerprint density at radius 2 is 1.79 bits per heavy atom. The molecule has 2 unspecified atom stereocenters. The van der Waals surface area contributed by atoms with Crippen molar-refractivity contribution in [3.05, 3.63) is 34.9 Å². The smallest absolute Gasteiger partial charge is 0.0499 e. The van der Waals surface area contributed by atoms with Crippen LogP contribution in [-0.4, -0.2) is 24.0 Å². The van der Waals surface area contributed by atoms with E-state index in [1.54, 1.807) is 0 Å². The van der Waals surface area contributed by atoms with Crippen LogP contribution >= 0.6 is 11.6 Å². The number of hydrogen-bond donors (Lipinski definition) is 1. The predicted molar refractivity (Wildman–Crippen MR) is 84.6 cm³/mol. The van der Waals surface area contributed by atoms with Gasteiger partial charge in [0.25, 0.3) is 0 Å². The van der Waals surface area contributed by atoms with Gasteiger partial charge >= 0.3 is 0 Å². The zero-order valence-corrected chi connectivity index (χ0v) is 13.3. The van der Waals surface area contributed by atoms with Crippen molar-refractivity contribution in [1.82, 2.24) is 4.90 Å². The van der Waals surface area contributed by atoms with Gasteiger partial charge in [0, 0.05) is 23.1 Å². The second-order valence-electron chi connectivity index (χ2n) is 5.21. The number of likely N-dealkylation sites (N-methyl/N-ethyl adjacent to an activating group) is 1. The molecule has 0 amide bonds. The van der Waals surface area contributed by atoms with Crippen LogP contribution in [0.1, 0.15) is 51.6 Å². The van der Waals surface area contributed by atoms with E-state index in [2.05, 4.69) is 38.8 Å². The molecule has 19 heavy (non-hydrogen) atoms. The van der Waals surface area contributed by atoms with E-state index in [-0.39, 0.29) is 12.1 Å². The normalized spacial score (nSPS) is 14.9. The molecule has 2 N–H and O–H groups in total. The van der Waals surface area contributed by atoms with Gasteiger partial charge in [-0.1, -0.05) is 44.5 Å². The Morgan fingerprint density at radius 1 is 1.16 bits per heavy atom. The minimum atomic E-state index is 0.129. The number of hydrogen-bond acceptors (Lipinski definition) is 2. The summed E-state index contributed by atoms with van der Waals surface area (Å²) in [5.74, 6) is 0. The Labute approximate surface area is 122 Å². The third kappa shape index (κ3) is 4.20. The average Bonchev–Trinajstić information content (AvgIpc) is 2.40. The zero-order chi connectivity index (χ0) is 14.4. The molecule has 1 rings (SSSR count). The molecule has 0 heterocycles. The van der Waals surface area contributed by atoms with Gasteiger partial charge in [0.1, 0.15) is 0 Å². The number of nitrogens with two attached hydrogens (primary N) is 1. The average molecular weight is 283 g/mol. The van der Waals surface area contributed by atoms with Gasteiger partial charge in [0.2, 0.25) is 0 Å². The highest BCUT2D eigenvalue weighted by molar-refractivity contribution is 6.30. The van der Waals surface area contributed by atoms with E-state index in [1.807, 2.05) is 18.2 Å². The highest BCUT2D eigenvalue weighted by Gasteiger charge is 2.26. The molecule has 2 atom stereocenters. The van der Waals surface area contributed by atoms with Crippen LogP contribution in [0, 0.1) is 0 Å². The lowest BCUT2D eigenvalue weighted by atomic mass is 9.94. The van der Waals surface area contributed by atoms with E-state index >= 15 is 0 Å². The van der Waals surface area contributed by atoms with Crippen molar-refractivity contribution in [2.45, 2.75) is 58.2 Å². The van der Waals surface area contributed by atoms with E-state index in [4.69, 9.17) is 17.3 Å². The lowest BCUT2D eigenvalue weighted by molar-refractivity contribution is 0.140. The molecule has 1 aromatic rings. The van der Waals surface area contributed by atoms with Gasteiger partial charge in [-0.3, -0.25) is 4.90 Å². The van der Waals surface area contributed by atoms with Crippen LogP contribution in [0.5, 0.6) is 0 Å². The lowest BCUT2D eigenvalue weighted by Gasteiger charge is -2.38. The van der Waals surface area contributed by atoms with Crippen molar-refractivity contribution < 1.29 is 0 Å². The molecule has 0 aromatic heterocycles. The zero-order valence-electron chi connectivity index (χ0n) is 12.6. The number of nitrogens with zero attached hydrogens (tertiary/aromatic N) is 1. The fraction of sp³-hybridized carbons (Fsp3) is 0.625. The Morgan fingerprint density at radius 3 is 2.26 bits per heavy atom. The van der Waals surface area contributed by atoms with Gasteiger partial charge in [-0.05, 0) is 44.0 Å². The Kier molecular flexibility index (Phi) is 6.84. The summed E-state index contributed by atoms with van der Waals surface area (Å²) in [6, 6.07) is 9.01. The molecule has 0 spiro atoms. The van der Waals surface area contributed by atoms with E-state index in [0.717, 1.165) is 24.3 Å². The molecule has 0 aliphatic heterocycles. The largest absolute Gasteiger partial charge is 0.326 e. The summed E-state index contributed by atoms with van der Waals surface area (Å²) in [6.07, 6.45) is 3.24. The monoisotopic (exact) mass is 282 g/mol. The number of benzene rings is 1. The predicted octanol–water partition coefficient (Wildman–Crippen LogP) is 4.24. The summed E-state index contributed by atoms with van der Waals surface area (Å²) in [4.78, 5) is 2.42. The summed E-state index contributed by atoms with van der Waals surface area (Å²) in [7, 11) is 2.18. The Balaban J connectivity index is 3.07. The van der Waals surface area contributed by atoms with Gasteiger partial charge in [0.05, 0.1) is 0 Å². The highest BCUT2D eigenvalue weighted by atomic mass is 35.5. The first-order valence-electron chi connectivity index (χ1n) is 7.28. The standard InChI is InChI=1S/C16H27ClN2/c1-5-14(6-2)19(4)16(15(18)7-3)12-9-8-10-13(17)11-12/h8-11,14-16H,5-7,18H2,1-4H3. The minimum Gasteiger partial charge on any atom is -0.326 e. The summed E-state index contributed by atoms with van der Waals surface area (Å²) in [5, 5.41) is 0.781. The van der Waals surface area contributed by atoms with Gasteiger partial charge in [-0.25, -0.2) is 0 Å². The number of rotatable bonds is 7. The number of halogens is 1. The molecule has 0 aliphatic carbocycles. The Hall–Kier alpha value is -0.570. The molecule has 3 heteroatoms. The third-order valence-electron chi connectivity index (χ3n) is 4.02. The van der Waals surface area contributed by atoms with Crippen LogP contribution in [0.3, 0.4) is 0 Å². The summed E-state index contributed by atoms with van der Waals surface area (Å²) in [6.45, 7) is 6.61. The molecule has 0 fully saturated rings. The Bertz CT molecular complexity index is 377. The first-order valence-corrected chi connectivity index (χ1v) is 7.65. The summed E-state index contributed by atoms with van der Waals surface area (Å²) >= 11 is 6.13. The fourth-order valence-corrected chi connectivity index (χ4v) is 2.99. The molecule has 0 saturated heterocycles. The first kappa shape index (κ1) is 16.5. The maximum absolute atomic E-state index is 6.36. The van der Waals surface area contributed by atoms with Crippen LogP contribution in [0.2, 0.25) is 5.02 Å². The summed E-state index contributed by atoms with van der Waals surface area (Å²) < 4.78 is 0. The second kappa shape index (κ2) is 7.88. The SMILES string of the molecule is CCC(N)C(c1cccc(Cl)c1)N(C)C(CC)CC. The lowest BCUT2D eigenvalue weighted by Crippen LogP contribution is -2.43. The van der Waals surface area contributed by atoms with Gasteiger partial charge < -0.3 is 5.73 Å².